The van der Waals surface area contributed by atoms with Crippen molar-refractivity contribution >= 4 is 17.0 Å². The second-order valence-corrected chi connectivity index (χ2v) is 3.52. The van der Waals surface area contributed by atoms with Crippen molar-refractivity contribution in [2.24, 2.45) is 0 Å². The lowest BCUT2D eigenvalue weighted by Crippen LogP contribution is -2.11. The van der Waals surface area contributed by atoms with Crippen LogP contribution in [0.3, 0.4) is 0 Å². The zero-order valence-electron chi connectivity index (χ0n) is 9.18. The number of carbonyl (C=O) groups is 1. The molecule has 2 aromatic heterocycles. The SMILES string of the molecule is COC(=O)C(C)c1ccnc2cccnc12. The molecule has 0 saturated carbocycles. The topological polar surface area (TPSA) is 52.1 Å². The molecule has 1 unspecified atom stereocenters. The van der Waals surface area contributed by atoms with E-state index in [1.54, 1.807) is 25.4 Å². The van der Waals surface area contributed by atoms with Gasteiger partial charge in [-0.25, -0.2) is 0 Å². The summed E-state index contributed by atoms with van der Waals surface area (Å²) in [6, 6.07) is 5.49. The van der Waals surface area contributed by atoms with Gasteiger partial charge in [0.15, 0.2) is 0 Å². The van der Waals surface area contributed by atoms with Crippen LogP contribution in [-0.4, -0.2) is 23.0 Å². The maximum absolute atomic E-state index is 11.5. The molecule has 2 aromatic rings. The first-order valence-electron chi connectivity index (χ1n) is 5.01. The summed E-state index contributed by atoms with van der Waals surface area (Å²) in [4.78, 5) is 19.9. The van der Waals surface area contributed by atoms with Gasteiger partial charge < -0.3 is 4.74 Å². The Hall–Kier alpha value is -1.97. The zero-order chi connectivity index (χ0) is 11.5. The number of hydrogen-bond donors (Lipinski definition) is 0. The standard InChI is InChI=1S/C12H12N2O2/c1-8(12(15)16-2)9-5-7-13-10-4-3-6-14-11(9)10/h3-8H,1-2H3. The molecule has 0 aliphatic heterocycles. The second-order valence-electron chi connectivity index (χ2n) is 3.52. The van der Waals surface area contributed by atoms with Gasteiger partial charge in [0, 0.05) is 12.4 Å². The third-order valence-corrected chi connectivity index (χ3v) is 2.55. The molecule has 1 atom stereocenters. The highest BCUT2D eigenvalue weighted by atomic mass is 16.5. The van der Waals surface area contributed by atoms with Gasteiger partial charge in [0.25, 0.3) is 0 Å². The first kappa shape index (κ1) is 10.5. The van der Waals surface area contributed by atoms with E-state index >= 15 is 0 Å². The van der Waals surface area contributed by atoms with E-state index in [2.05, 4.69) is 9.97 Å². The summed E-state index contributed by atoms with van der Waals surface area (Å²) >= 11 is 0. The molecule has 0 radical (unpaired) electrons. The molecule has 0 aromatic carbocycles. The van der Waals surface area contributed by atoms with E-state index in [0.29, 0.717) is 0 Å². The third kappa shape index (κ3) is 1.74. The lowest BCUT2D eigenvalue weighted by Gasteiger charge is -2.10. The van der Waals surface area contributed by atoms with Crippen molar-refractivity contribution < 1.29 is 9.53 Å². The van der Waals surface area contributed by atoms with Crippen molar-refractivity contribution in [2.75, 3.05) is 7.11 Å². The number of ether oxygens (including phenoxy) is 1. The van der Waals surface area contributed by atoms with E-state index in [4.69, 9.17) is 4.74 Å². The zero-order valence-corrected chi connectivity index (χ0v) is 9.18. The molecule has 16 heavy (non-hydrogen) atoms. The number of methoxy groups -OCH3 is 1. The maximum Gasteiger partial charge on any atom is 0.312 e. The number of carbonyl (C=O) groups excluding carboxylic acids is 1. The van der Waals surface area contributed by atoms with Gasteiger partial charge >= 0.3 is 5.97 Å². The van der Waals surface area contributed by atoms with Gasteiger partial charge in [-0.15, -0.1) is 0 Å². The Labute approximate surface area is 93.3 Å². The molecule has 0 aliphatic rings. The van der Waals surface area contributed by atoms with Crippen LogP contribution < -0.4 is 0 Å². The third-order valence-electron chi connectivity index (χ3n) is 2.55. The summed E-state index contributed by atoms with van der Waals surface area (Å²) in [5.74, 6) is -0.594. The molecule has 0 amide bonds. The average Bonchev–Trinajstić information content (AvgIpc) is 2.36. The Morgan fingerprint density at radius 2 is 2.12 bits per heavy atom. The van der Waals surface area contributed by atoms with Gasteiger partial charge in [-0.2, -0.15) is 0 Å². The van der Waals surface area contributed by atoms with E-state index in [1.165, 1.54) is 7.11 Å². The number of aromatic nitrogens is 2. The summed E-state index contributed by atoms with van der Waals surface area (Å²) in [6.07, 6.45) is 3.37. The molecule has 4 heteroatoms. The summed E-state index contributed by atoms with van der Waals surface area (Å²) in [7, 11) is 1.38. The first-order chi connectivity index (χ1) is 7.74. The fraction of sp³-hybridized carbons (Fsp3) is 0.250. The van der Waals surface area contributed by atoms with Crippen molar-refractivity contribution in [2.45, 2.75) is 12.8 Å². The lowest BCUT2D eigenvalue weighted by atomic mass is 10.0. The largest absolute Gasteiger partial charge is 0.469 e. The Bertz CT molecular complexity index is 520. The molecule has 2 rings (SSSR count). The van der Waals surface area contributed by atoms with Gasteiger partial charge in [-0.3, -0.25) is 14.8 Å². The summed E-state index contributed by atoms with van der Waals surface area (Å²) in [5.41, 5.74) is 2.39. The van der Waals surface area contributed by atoms with E-state index in [9.17, 15) is 4.79 Å². The lowest BCUT2D eigenvalue weighted by molar-refractivity contribution is -0.141. The Morgan fingerprint density at radius 3 is 2.88 bits per heavy atom. The highest BCUT2D eigenvalue weighted by molar-refractivity contribution is 5.86. The predicted octanol–water partition coefficient (Wildman–Crippen LogP) is 1.91. The highest BCUT2D eigenvalue weighted by Crippen LogP contribution is 2.22. The molecule has 0 fully saturated rings. The highest BCUT2D eigenvalue weighted by Gasteiger charge is 2.18. The quantitative estimate of drug-likeness (QED) is 0.719. The molecular weight excluding hydrogens is 204 g/mol. The summed E-state index contributed by atoms with van der Waals surface area (Å²) in [6.45, 7) is 1.80. The number of rotatable bonds is 2. The number of hydrogen-bond acceptors (Lipinski definition) is 4. The minimum atomic E-state index is -0.328. The fourth-order valence-corrected chi connectivity index (χ4v) is 1.65. The molecule has 0 spiro atoms. The van der Waals surface area contributed by atoms with Crippen LogP contribution in [0.1, 0.15) is 18.4 Å². The van der Waals surface area contributed by atoms with Crippen molar-refractivity contribution in [3.63, 3.8) is 0 Å². The minimum Gasteiger partial charge on any atom is -0.469 e. The fourth-order valence-electron chi connectivity index (χ4n) is 1.65. The van der Waals surface area contributed by atoms with Crippen LogP contribution in [0.4, 0.5) is 0 Å². The van der Waals surface area contributed by atoms with Gasteiger partial charge in [-0.1, -0.05) is 0 Å². The predicted molar refractivity (Wildman–Crippen MR) is 60.0 cm³/mol. The number of pyridine rings is 2. The number of nitrogens with zero attached hydrogens (tertiary/aromatic N) is 2. The van der Waals surface area contributed by atoms with E-state index in [0.717, 1.165) is 16.6 Å². The monoisotopic (exact) mass is 216 g/mol. The number of esters is 1. The van der Waals surface area contributed by atoms with Crippen molar-refractivity contribution in [3.8, 4) is 0 Å². The average molecular weight is 216 g/mol. The van der Waals surface area contributed by atoms with Gasteiger partial charge in [0.2, 0.25) is 0 Å². The second kappa shape index (κ2) is 4.26. The van der Waals surface area contributed by atoms with Crippen LogP contribution in [-0.2, 0) is 9.53 Å². The summed E-state index contributed by atoms with van der Waals surface area (Å²) in [5, 5.41) is 0. The van der Waals surface area contributed by atoms with Crippen molar-refractivity contribution in [1.82, 2.24) is 9.97 Å². The molecule has 4 nitrogen and oxygen atoms in total. The Kier molecular flexibility index (Phi) is 2.81. The van der Waals surface area contributed by atoms with Crippen LogP contribution in [0.5, 0.6) is 0 Å². The van der Waals surface area contributed by atoms with Crippen LogP contribution in [0, 0.1) is 0 Å². The molecule has 2 heterocycles. The maximum atomic E-state index is 11.5. The van der Waals surface area contributed by atoms with Crippen LogP contribution in [0.15, 0.2) is 30.6 Å². The van der Waals surface area contributed by atoms with Crippen molar-refractivity contribution in [1.29, 1.82) is 0 Å². The first-order valence-corrected chi connectivity index (χ1v) is 5.01. The van der Waals surface area contributed by atoms with Crippen LogP contribution in [0.2, 0.25) is 0 Å². The smallest absolute Gasteiger partial charge is 0.312 e. The van der Waals surface area contributed by atoms with Gasteiger partial charge in [0.05, 0.1) is 24.1 Å². The molecule has 82 valence electrons. The normalized spacial score (nSPS) is 12.4. The van der Waals surface area contributed by atoms with Gasteiger partial charge in [-0.05, 0) is 30.7 Å². The van der Waals surface area contributed by atoms with Gasteiger partial charge in [0.1, 0.15) is 0 Å². The molecule has 0 aliphatic carbocycles. The van der Waals surface area contributed by atoms with Crippen molar-refractivity contribution in [3.05, 3.63) is 36.2 Å². The summed E-state index contributed by atoms with van der Waals surface area (Å²) < 4.78 is 4.73. The van der Waals surface area contributed by atoms with E-state index in [1.807, 2.05) is 12.1 Å². The van der Waals surface area contributed by atoms with Crippen LogP contribution in [0.25, 0.3) is 11.0 Å². The number of fused-ring (bicyclic) bond motifs is 1. The van der Waals surface area contributed by atoms with E-state index in [-0.39, 0.29) is 11.9 Å². The Balaban J connectivity index is 2.56. The minimum absolute atomic E-state index is 0.266. The molecular formula is C12H12N2O2. The van der Waals surface area contributed by atoms with E-state index < -0.39 is 0 Å². The molecule has 0 bridgehead atoms. The molecule has 0 N–H and O–H groups in total. The molecule has 0 saturated heterocycles. The Morgan fingerprint density at radius 1 is 1.31 bits per heavy atom. The van der Waals surface area contributed by atoms with Crippen LogP contribution >= 0.6 is 0 Å².